The minimum Gasteiger partial charge on any atom is -0.455 e. The molecule has 1 aromatic carbocycles. The number of hydrogen-bond donors (Lipinski definition) is 2. The summed E-state index contributed by atoms with van der Waals surface area (Å²) in [6.07, 6.45) is 5.02. The number of pyridine rings is 3. The molecule has 0 aliphatic rings. The van der Waals surface area contributed by atoms with Gasteiger partial charge >= 0.3 is 0 Å². The van der Waals surface area contributed by atoms with Gasteiger partial charge in [-0.2, -0.15) is 0 Å². The Morgan fingerprint density at radius 3 is 2.77 bits per heavy atom. The number of halogens is 1. The molecule has 128 valence electrons. The fraction of sp³-hybridized carbons (Fsp3) is 0. The predicted molar refractivity (Wildman–Crippen MR) is 103 cm³/mol. The zero-order valence-corrected chi connectivity index (χ0v) is 14.3. The van der Waals surface area contributed by atoms with Gasteiger partial charge in [-0.15, -0.1) is 0 Å². The lowest BCUT2D eigenvalue weighted by Gasteiger charge is -2.11. The Kier molecular flexibility index (Phi) is 4.25. The number of rotatable bonds is 4. The minimum absolute atomic E-state index is 0.326. The molecule has 0 aliphatic carbocycles. The summed E-state index contributed by atoms with van der Waals surface area (Å²) in [5.74, 6) is 2.64. The van der Waals surface area contributed by atoms with Crippen LogP contribution >= 0.6 is 11.6 Å². The van der Waals surface area contributed by atoms with Crippen LogP contribution < -0.4 is 15.8 Å². The molecular formula is C19H14ClN5O. The van der Waals surface area contributed by atoms with Crippen molar-refractivity contribution in [2.75, 3.05) is 11.1 Å². The van der Waals surface area contributed by atoms with E-state index >= 15 is 0 Å². The van der Waals surface area contributed by atoms with E-state index < -0.39 is 0 Å². The van der Waals surface area contributed by atoms with E-state index in [1.54, 1.807) is 36.8 Å². The van der Waals surface area contributed by atoms with Crippen LogP contribution in [0.3, 0.4) is 0 Å². The highest BCUT2D eigenvalue weighted by Gasteiger charge is 2.08. The van der Waals surface area contributed by atoms with Gasteiger partial charge < -0.3 is 15.8 Å². The SMILES string of the molecule is Nc1cc(Oc2cccnc2)cc(Nc2nccc3ccc(Cl)cc23)n1. The summed E-state index contributed by atoms with van der Waals surface area (Å²) >= 11 is 6.12. The lowest BCUT2D eigenvalue weighted by Crippen LogP contribution is -2.00. The smallest absolute Gasteiger partial charge is 0.145 e. The number of benzene rings is 1. The summed E-state index contributed by atoms with van der Waals surface area (Å²) in [4.78, 5) is 12.7. The van der Waals surface area contributed by atoms with Crippen LogP contribution in [0.15, 0.2) is 67.1 Å². The molecule has 6 nitrogen and oxygen atoms in total. The molecular weight excluding hydrogens is 350 g/mol. The van der Waals surface area contributed by atoms with Gasteiger partial charge in [0.25, 0.3) is 0 Å². The van der Waals surface area contributed by atoms with Crippen molar-refractivity contribution in [1.29, 1.82) is 0 Å². The summed E-state index contributed by atoms with van der Waals surface area (Å²) in [5.41, 5.74) is 5.92. The van der Waals surface area contributed by atoms with Gasteiger partial charge in [-0.05, 0) is 35.7 Å². The fourth-order valence-corrected chi connectivity index (χ4v) is 2.73. The van der Waals surface area contributed by atoms with Crippen LogP contribution in [0.1, 0.15) is 0 Å². The fourth-order valence-electron chi connectivity index (χ4n) is 2.55. The third-order valence-electron chi connectivity index (χ3n) is 3.66. The summed E-state index contributed by atoms with van der Waals surface area (Å²) in [5, 5.41) is 5.72. The molecule has 0 fully saturated rings. The van der Waals surface area contributed by atoms with Gasteiger partial charge in [-0.1, -0.05) is 17.7 Å². The van der Waals surface area contributed by atoms with E-state index in [1.165, 1.54) is 0 Å². The standard InChI is InChI=1S/C19H14ClN5O/c20-13-4-3-12-5-7-23-19(16(12)8-13)25-18-10-15(9-17(21)24-18)26-14-2-1-6-22-11-14/h1-11H,(H3,21,23,24,25). The third kappa shape index (κ3) is 3.50. The maximum Gasteiger partial charge on any atom is 0.145 e. The topological polar surface area (TPSA) is 86.0 Å². The quantitative estimate of drug-likeness (QED) is 0.541. The summed E-state index contributed by atoms with van der Waals surface area (Å²) in [7, 11) is 0. The van der Waals surface area contributed by atoms with Crippen LogP contribution in [0, 0.1) is 0 Å². The van der Waals surface area contributed by atoms with E-state index in [1.807, 2.05) is 30.3 Å². The number of hydrogen-bond acceptors (Lipinski definition) is 6. The Hall–Kier alpha value is -3.38. The van der Waals surface area contributed by atoms with Crippen LogP contribution in [0.5, 0.6) is 11.5 Å². The second kappa shape index (κ2) is 6.85. The third-order valence-corrected chi connectivity index (χ3v) is 3.90. The maximum absolute atomic E-state index is 6.12. The lowest BCUT2D eigenvalue weighted by molar-refractivity contribution is 0.480. The number of nitrogens with one attached hydrogen (secondary N) is 1. The Morgan fingerprint density at radius 1 is 1.00 bits per heavy atom. The minimum atomic E-state index is 0.326. The molecule has 0 amide bonds. The summed E-state index contributed by atoms with van der Waals surface area (Å²) in [6.45, 7) is 0. The van der Waals surface area contributed by atoms with Crippen molar-refractivity contribution < 1.29 is 4.74 Å². The van der Waals surface area contributed by atoms with Crippen molar-refractivity contribution in [3.63, 3.8) is 0 Å². The first-order valence-corrected chi connectivity index (χ1v) is 8.22. The molecule has 26 heavy (non-hydrogen) atoms. The van der Waals surface area contributed by atoms with Gasteiger partial charge in [0.15, 0.2) is 0 Å². The molecule has 0 saturated carbocycles. The Labute approximate surface area is 154 Å². The normalized spacial score (nSPS) is 10.7. The largest absolute Gasteiger partial charge is 0.455 e. The van der Waals surface area contributed by atoms with E-state index in [4.69, 9.17) is 22.1 Å². The second-order valence-corrected chi connectivity index (χ2v) is 5.99. The molecule has 0 saturated heterocycles. The lowest BCUT2D eigenvalue weighted by atomic mass is 10.1. The van der Waals surface area contributed by atoms with Gasteiger partial charge in [0.1, 0.15) is 29.0 Å². The maximum atomic E-state index is 6.12. The van der Waals surface area contributed by atoms with E-state index in [2.05, 4.69) is 20.3 Å². The highest BCUT2D eigenvalue weighted by atomic mass is 35.5. The molecule has 3 aromatic heterocycles. The molecule has 0 atom stereocenters. The molecule has 0 unspecified atom stereocenters. The highest BCUT2D eigenvalue weighted by molar-refractivity contribution is 6.31. The van der Waals surface area contributed by atoms with E-state index in [9.17, 15) is 0 Å². The van der Waals surface area contributed by atoms with Gasteiger partial charge in [0.2, 0.25) is 0 Å². The molecule has 3 heterocycles. The Bertz CT molecular complexity index is 1070. The molecule has 0 bridgehead atoms. The Morgan fingerprint density at radius 2 is 1.92 bits per heavy atom. The first-order chi connectivity index (χ1) is 12.7. The molecule has 4 aromatic rings. The molecule has 0 aliphatic heterocycles. The highest BCUT2D eigenvalue weighted by Crippen LogP contribution is 2.29. The van der Waals surface area contributed by atoms with E-state index in [0.717, 1.165) is 10.8 Å². The van der Waals surface area contributed by atoms with Crippen LogP contribution in [0.2, 0.25) is 5.02 Å². The molecule has 3 N–H and O–H groups in total. The number of fused-ring (bicyclic) bond motifs is 1. The average Bonchev–Trinajstić information content (AvgIpc) is 2.63. The average molecular weight is 364 g/mol. The van der Waals surface area contributed by atoms with Crippen LogP contribution in [0.25, 0.3) is 10.8 Å². The van der Waals surface area contributed by atoms with Gasteiger partial charge in [0.05, 0.1) is 6.20 Å². The number of nitrogens with zero attached hydrogens (tertiary/aromatic N) is 3. The number of ether oxygens (including phenoxy) is 1. The van der Waals surface area contributed by atoms with Crippen LogP contribution in [-0.2, 0) is 0 Å². The second-order valence-electron chi connectivity index (χ2n) is 5.55. The van der Waals surface area contributed by atoms with Gasteiger partial charge in [0, 0.05) is 34.9 Å². The van der Waals surface area contributed by atoms with Crippen molar-refractivity contribution in [3.8, 4) is 11.5 Å². The number of aromatic nitrogens is 3. The van der Waals surface area contributed by atoms with E-state index in [-0.39, 0.29) is 0 Å². The van der Waals surface area contributed by atoms with E-state index in [0.29, 0.717) is 34.0 Å². The number of nitrogens with two attached hydrogens (primary N) is 1. The van der Waals surface area contributed by atoms with Gasteiger partial charge in [-0.3, -0.25) is 4.98 Å². The number of anilines is 3. The first kappa shape index (κ1) is 16.1. The first-order valence-electron chi connectivity index (χ1n) is 7.84. The predicted octanol–water partition coefficient (Wildman–Crippen LogP) is 4.80. The summed E-state index contributed by atoms with van der Waals surface area (Å²) < 4.78 is 5.78. The summed E-state index contributed by atoms with van der Waals surface area (Å²) in [6, 6.07) is 14.5. The van der Waals surface area contributed by atoms with Crippen molar-refractivity contribution in [2.24, 2.45) is 0 Å². The van der Waals surface area contributed by atoms with Crippen molar-refractivity contribution in [1.82, 2.24) is 15.0 Å². The van der Waals surface area contributed by atoms with Crippen LogP contribution in [0.4, 0.5) is 17.5 Å². The molecule has 7 heteroatoms. The molecule has 4 rings (SSSR count). The van der Waals surface area contributed by atoms with Crippen molar-refractivity contribution in [2.45, 2.75) is 0 Å². The van der Waals surface area contributed by atoms with Crippen LogP contribution in [-0.4, -0.2) is 15.0 Å². The molecule has 0 spiro atoms. The zero-order valence-electron chi connectivity index (χ0n) is 13.6. The van der Waals surface area contributed by atoms with Crippen molar-refractivity contribution >= 4 is 39.8 Å². The molecule has 0 radical (unpaired) electrons. The zero-order chi connectivity index (χ0) is 17.9. The Balaban J connectivity index is 1.68. The van der Waals surface area contributed by atoms with Gasteiger partial charge in [-0.25, -0.2) is 9.97 Å². The number of nitrogen functional groups attached to an aromatic ring is 1. The van der Waals surface area contributed by atoms with Crippen molar-refractivity contribution in [3.05, 3.63) is 72.1 Å². The monoisotopic (exact) mass is 363 g/mol.